The van der Waals surface area contributed by atoms with Crippen LogP contribution in [0.5, 0.6) is 0 Å². The van der Waals surface area contributed by atoms with Crippen molar-refractivity contribution in [1.82, 2.24) is 4.90 Å². The number of ether oxygens (including phenoxy) is 1. The van der Waals surface area contributed by atoms with Crippen LogP contribution in [0, 0.1) is 13.8 Å². The lowest BCUT2D eigenvalue weighted by atomic mass is 10.1. The fourth-order valence-electron chi connectivity index (χ4n) is 3.76. The third kappa shape index (κ3) is 5.85. The summed E-state index contributed by atoms with van der Waals surface area (Å²) in [5.41, 5.74) is 4.97. The molecular weight excluding hydrogens is 452 g/mol. The van der Waals surface area contributed by atoms with Gasteiger partial charge in [-0.25, -0.2) is 0 Å². The topological polar surface area (TPSA) is 58.6 Å². The number of thiophene rings is 1. The maximum absolute atomic E-state index is 13.4. The van der Waals surface area contributed by atoms with Crippen LogP contribution in [-0.2, 0) is 15.3 Å². The van der Waals surface area contributed by atoms with Crippen LogP contribution in [0.2, 0.25) is 0 Å². The average molecular weight is 481 g/mol. The molecule has 2 amide bonds. The summed E-state index contributed by atoms with van der Waals surface area (Å²) in [5, 5.41) is 3.67. The van der Waals surface area contributed by atoms with Gasteiger partial charge in [-0.1, -0.05) is 60.2 Å². The van der Waals surface area contributed by atoms with Gasteiger partial charge in [0.2, 0.25) is 5.91 Å². The molecular formula is C26H28N2O3S2. The first kappa shape index (κ1) is 23.5. The number of nitrogens with one attached hydrogen (secondary N) is 1. The Morgan fingerprint density at radius 3 is 2.42 bits per heavy atom. The summed E-state index contributed by atoms with van der Waals surface area (Å²) in [6.07, 6.45) is 0. The van der Waals surface area contributed by atoms with Crippen molar-refractivity contribution in [1.29, 1.82) is 0 Å². The molecule has 2 aromatic carbocycles. The third-order valence-corrected chi connectivity index (χ3v) is 7.83. The molecule has 0 radical (unpaired) electrons. The lowest BCUT2D eigenvalue weighted by Crippen LogP contribution is -2.41. The largest absolute Gasteiger partial charge is 0.378 e. The van der Waals surface area contributed by atoms with Crippen LogP contribution in [0.25, 0.3) is 10.4 Å². The second-order valence-electron chi connectivity index (χ2n) is 8.06. The molecule has 3 aromatic rings. The average Bonchev–Trinajstić information content (AvgIpc) is 3.16. The fraction of sp³-hybridized carbons (Fsp3) is 0.308. The number of thioether (sulfide) groups is 1. The molecule has 5 nitrogen and oxygen atoms in total. The van der Waals surface area contributed by atoms with Crippen molar-refractivity contribution >= 4 is 39.9 Å². The zero-order chi connectivity index (χ0) is 23.2. The van der Waals surface area contributed by atoms with Crippen LogP contribution in [0.15, 0.2) is 54.6 Å². The van der Waals surface area contributed by atoms with Gasteiger partial charge in [-0.2, -0.15) is 0 Å². The molecule has 7 heteroatoms. The second-order valence-corrected chi connectivity index (χ2v) is 10.1. The fourth-order valence-corrected chi connectivity index (χ4v) is 5.77. The lowest BCUT2D eigenvalue weighted by molar-refractivity contribution is -0.113. The monoisotopic (exact) mass is 480 g/mol. The van der Waals surface area contributed by atoms with E-state index in [1.807, 2.05) is 42.2 Å². The molecule has 1 saturated heterocycles. The van der Waals surface area contributed by atoms with Crippen molar-refractivity contribution in [3.8, 4) is 10.4 Å². The molecule has 0 aliphatic carbocycles. The van der Waals surface area contributed by atoms with Gasteiger partial charge in [-0.15, -0.1) is 23.1 Å². The highest BCUT2D eigenvalue weighted by Crippen LogP contribution is 2.40. The number of anilines is 1. The van der Waals surface area contributed by atoms with E-state index >= 15 is 0 Å². The molecule has 0 unspecified atom stereocenters. The van der Waals surface area contributed by atoms with Gasteiger partial charge in [-0.3, -0.25) is 9.59 Å². The van der Waals surface area contributed by atoms with E-state index in [4.69, 9.17) is 4.74 Å². The van der Waals surface area contributed by atoms with E-state index in [0.29, 0.717) is 42.6 Å². The highest BCUT2D eigenvalue weighted by Gasteiger charge is 2.27. The van der Waals surface area contributed by atoms with Crippen molar-refractivity contribution < 1.29 is 14.3 Å². The minimum atomic E-state index is -0.0935. The predicted octanol–water partition coefficient (Wildman–Crippen LogP) is 5.38. The zero-order valence-electron chi connectivity index (χ0n) is 18.9. The van der Waals surface area contributed by atoms with Crippen molar-refractivity contribution in [2.75, 3.05) is 37.4 Å². The molecule has 1 aromatic heterocycles. The molecule has 1 aliphatic heterocycles. The molecule has 172 valence electrons. The number of amides is 2. The molecule has 0 spiro atoms. The summed E-state index contributed by atoms with van der Waals surface area (Å²) in [5.74, 6) is 0.962. The Balaban J connectivity index is 1.52. The summed E-state index contributed by atoms with van der Waals surface area (Å²) in [6.45, 7) is 6.24. The molecule has 0 atom stereocenters. The minimum Gasteiger partial charge on any atom is -0.378 e. The van der Waals surface area contributed by atoms with E-state index < -0.39 is 0 Å². The van der Waals surface area contributed by atoms with Crippen molar-refractivity contribution in [2.24, 2.45) is 0 Å². The van der Waals surface area contributed by atoms with Crippen molar-refractivity contribution in [3.63, 3.8) is 0 Å². The van der Waals surface area contributed by atoms with Gasteiger partial charge in [0.05, 0.1) is 24.5 Å². The molecule has 0 bridgehead atoms. The van der Waals surface area contributed by atoms with Gasteiger partial charge >= 0.3 is 0 Å². The first-order chi connectivity index (χ1) is 16.0. The van der Waals surface area contributed by atoms with Crippen molar-refractivity contribution in [3.05, 3.63) is 76.9 Å². The number of hydrogen-bond donors (Lipinski definition) is 1. The summed E-state index contributed by atoms with van der Waals surface area (Å²) < 4.78 is 5.41. The Kier molecular flexibility index (Phi) is 7.85. The smallest absolute Gasteiger partial charge is 0.257 e. The van der Waals surface area contributed by atoms with E-state index in [-0.39, 0.29) is 11.8 Å². The minimum absolute atomic E-state index is 0.0446. The molecule has 4 rings (SSSR count). The standard InChI is InChI=1S/C26H28N2O3S2/c1-18-8-10-20(11-9-18)16-32-17-22(29)27-25-23(26(30)28-12-14-31-15-13-28)19(2)24(33-25)21-6-4-3-5-7-21/h3-11H,12-17H2,1-2H3,(H,27,29). The normalized spacial score (nSPS) is 13.7. The van der Waals surface area contributed by atoms with Crippen LogP contribution >= 0.6 is 23.1 Å². The Bertz CT molecular complexity index is 1100. The first-order valence-electron chi connectivity index (χ1n) is 11.0. The van der Waals surface area contributed by atoms with Gasteiger partial charge in [0, 0.05) is 23.7 Å². The Morgan fingerprint density at radius 2 is 1.73 bits per heavy atom. The summed E-state index contributed by atoms with van der Waals surface area (Å²) >= 11 is 3.04. The van der Waals surface area contributed by atoms with Crippen LogP contribution < -0.4 is 5.32 Å². The van der Waals surface area contributed by atoms with Crippen LogP contribution in [0.4, 0.5) is 5.00 Å². The predicted molar refractivity (Wildman–Crippen MR) is 137 cm³/mol. The van der Waals surface area contributed by atoms with E-state index in [0.717, 1.165) is 21.8 Å². The number of rotatable bonds is 7. The molecule has 1 fully saturated rings. The Hall–Kier alpha value is -2.61. The zero-order valence-corrected chi connectivity index (χ0v) is 20.6. The number of benzene rings is 2. The molecule has 1 N–H and O–H groups in total. The van der Waals surface area contributed by atoms with Crippen molar-refractivity contribution in [2.45, 2.75) is 19.6 Å². The van der Waals surface area contributed by atoms with Gasteiger partial charge in [0.25, 0.3) is 5.91 Å². The van der Waals surface area contributed by atoms with E-state index in [1.54, 1.807) is 11.8 Å². The Labute approximate surface area is 203 Å². The number of hydrogen-bond acceptors (Lipinski definition) is 5. The first-order valence-corrected chi connectivity index (χ1v) is 13.0. The summed E-state index contributed by atoms with van der Waals surface area (Å²) in [6, 6.07) is 18.4. The number of carbonyl (C=O) groups is 2. The van der Waals surface area contributed by atoms with Crippen LogP contribution in [-0.4, -0.2) is 48.8 Å². The van der Waals surface area contributed by atoms with Gasteiger partial charge in [-0.05, 0) is 30.5 Å². The molecule has 33 heavy (non-hydrogen) atoms. The number of carbonyl (C=O) groups excluding carboxylic acids is 2. The molecule has 0 saturated carbocycles. The number of morpholine rings is 1. The Morgan fingerprint density at radius 1 is 1.03 bits per heavy atom. The van der Waals surface area contributed by atoms with Gasteiger partial charge in [0.15, 0.2) is 0 Å². The highest BCUT2D eigenvalue weighted by molar-refractivity contribution is 7.99. The highest BCUT2D eigenvalue weighted by atomic mass is 32.2. The second kappa shape index (κ2) is 11.0. The maximum Gasteiger partial charge on any atom is 0.257 e. The third-order valence-electron chi connectivity index (χ3n) is 5.57. The summed E-state index contributed by atoms with van der Waals surface area (Å²) in [7, 11) is 0. The number of aryl methyl sites for hydroxylation is 1. The van der Waals surface area contributed by atoms with E-state index in [9.17, 15) is 9.59 Å². The molecule has 1 aliphatic rings. The summed E-state index contributed by atoms with van der Waals surface area (Å²) in [4.78, 5) is 29.0. The maximum atomic E-state index is 13.4. The van der Waals surface area contributed by atoms with Gasteiger partial charge in [0.1, 0.15) is 5.00 Å². The number of nitrogens with zero attached hydrogens (tertiary/aromatic N) is 1. The quantitative estimate of drug-likeness (QED) is 0.494. The van der Waals surface area contributed by atoms with Gasteiger partial charge < -0.3 is 15.0 Å². The van der Waals surface area contributed by atoms with E-state index in [2.05, 4.69) is 36.5 Å². The van der Waals surface area contributed by atoms with E-state index in [1.165, 1.54) is 22.5 Å². The lowest BCUT2D eigenvalue weighted by Gasteiger charge is -2.27. The van der Waals surface area contributed by atoms with Crippen LogP contribution in [0.3, 0.4) is 0 Å². The SMILES string of the molecule is Cc1ccc(CSCC(=O)Nc2sc(-c3ccccc3)c(C)c2C(=O)N2CCOCC2)cc1. The molecule has 2 heterocycles. The van der Waals surface area contributed by atoms with Crippen LogP contribution in [0.1, 0.15) is 27.0 Å².